The SMILES string of the molecule is CC(C)(C)[Si](C)(C)Oc1ccc([C@@H]2C(SC[C@H](O)c3ccc4sccc4c3)C(=O)N2c2ccc(I)cc2)cc1. The van der Waals surface area contributed by atoms with Crippen molar-refractivity contribution in [1.82, 2.24) is 0 Å². The molecule has 1 aromatic heterocycles. The molecule has 1 amide bonds. The van der Waals surface area contributed by atoms with Crippen LogP contribution in [0.5, 0.6) is 5.75 Å². The van der Waals surface area contributed by atoms with Crippen LogP contribution in [0, 0.1) is 3.57 Å². The molecule has 3 aromatic carbocycles. The number of anilines is 1. The lowest BCUT2D eigenvalue weighted by molar-refractivity contribution is -0.123. The molecule has 4 nitrogen and oxygen atoms in total. The fourth-order valence-electron chi connectivity index (χ4n) is 4.50. The molecule has 0 spiro atoms. The highest BCUT2D eigenvalue weighted by Crippen LogP contribution is 2.46. The highest BCUT2D eigenvalue weighted by atomic mass is 127. The minimum Gasteiger partial charge on any atom is -0.544 e. The van der Waals surface area contributed by atoms with Crippen molar-refractivity contribution < 1.29 is 14.3 Å². The average molecular weight is 688 g/mol. The summed E-state index contributed by atoms with van der Waals surface area (Å²) in [5, 5.41) is 14.1. The molecule has 1 aliphatic rings. The van der Waals surface area contributed by atoms with Gasteiger partial charge in [-0.3, -0.25) is 4.79 Å². The molecule has 5 rings (SSSR count). The Hall–Kier alpha value is -1.85. The summed E-state index contributed by atoms with van der Waals surface area (Å²) in [6.45, 7) is 11.2. The number of nitrogens with zero attached hydrogens (tertiary/aromatic N) is 1. The van der Waals surface area contributed by atoms with Gasteiger partial charge < -0.3 is 14.4 Å². The first-order valence-corrected chi connectivity index (χ1v) is 19.0. The Kier molecular flexibility index (Phi) is 8.23. The van der Waals surface area contributed by atoms with E-state index in [0.29, 0.717) is 5.75 Å². The monoisotopic (exact) mass is 687 g/mol. The molecule has 0 aliphatic carbocycles. The smallest absolute Gasteiger partial charge is 0.250 e. The zero-order valence-electron chi connectivity index (χ0n) is 22.9. The summed E-state index contributed by atoms with van der Waals surface area (Å²) in [5.41, 5.74) is 2.85. The fraction of sp³-hybridized carbons (Fsp3) is 0.323. The molecule has 204 valence electrons. The van der Waals surface area contributed by atoms with E-state index in [2.05, 4.69) is 92.2 Å². The van der Waals surface area contributed by atoms with Crippen LogP contribution in [-0.2, 0) is 4.79 Å². The first-order valence-electron chi connectivity index (χ1n) is 13.1. The zero-order valence-corrected chi connectivity index (χ0v) is 27.6. The summed E-state index contributed by atoms with van der Waals surface area (Å²) in [6.07, 6.45) is -0.638. The van der Waals surface area contributed by atoms with Crippen LogP contribution < -0.4 is 9.33 Å². The van der Waals surface area contributed by atoms with E-state index in [4.69, 9.17) is 4.43 Å². The number of rotatable bonds is 8. The number of thioether (sulfide) groups is 1. The second kappa shape index (κ2) is 11.2. The van der Waals surface area contributed by atoms with Gasteiger partial charge in [0.25, 0.3) is 0 Å². The summed E-state index contributed by atoms with van der Waals surface area (Å²) >= 11 is 5.52. The van der Waals surface area contributed by atoms with Crippen LogP contribution in [0.1, 0.15) is 44.0 Å². The van der Waals surface area contributed by atoms with Gasteiger partial charge in [0.2, 0.25) is 14.2 Å². The standard InChI is InChI=1S/C31H34INO3S2Si/c1-31(2,3)39(4,5)36-25-13-6-20(7-14-25)28-29(30(35)33(28)24-11-9-23(32)10-12-24)38-19-26(34)21-8-15-27-22(18-21)16-17-37-27/h6-18,26,28-29,34H,19H2,1-5H3/t26-,28+,29?/m0/s1. The summed E-state index contributed by atoms with van der Waals surface area (Å²) in [5.74, 6) is 1.41. The molecular weight excluding hydrogens is 653 g/mol. The van der Waals surface area contributed by atoms with Gasteiger partial charge >= 0.3 is 0 Å². The molecule has 39 heavy (non-hydrogen) atoms. The maximum absolute atomic E-state index is 13.5. The van der Waals surface area contributed by atoms with Crippen molar-refractivity contribution >= 4 is 75.7 Å². The topological polar surface area (TPSA) is 49.8 Å². The number of halogens is 1. The number of β-lactam (4-membered cyclic amide) rings is 1. The fourth-order valence-corrected chi connectivity index (χ4v) is 7.96. The number of aliphatic hydroxyl groups excluding tert-OH is 1. The van der Waals surface area contributed by atoms with Crippen LogP contribution in [0.3, 0.4) is 0 Å². The van der Waals surface area contributed by atoms with Crippen LogP contribution in [-0.4, -0.2) is 30.3 Å². The van der Waals surface area contributed by atoms with Gasteiger partial charge in [-0.05, 0) is 117 Å². The van der Waals surface area contributed by atoms with E-state index in [-0.39, 0.29) is 22.2 Å². The number of carbonyl (C=O) groups is 1. The number of hydrogen-bond donors (Lipinski definition) is 1. The number of fused-ring (bicyclic) bond motifs is 1. The number of benzene rings is 3. The Morgan fingerprint density at radius 1 is 1.05 bits per heavy atom. The molecule has 1 unspecified atom stereocenters. The molecule has 4 aromatic rings. The predicted molar refractivity (Wildman–Crippen MR) is 177 cm³/mol. The minimum absolute atomic E-state index is 0.0771. The Morgan fingerprint density at radius 2 is 1.74 bits per heavy atom. The number of amides is 1. The first kappa shape index (κ1) is 28.7. The summed E-state index contributed by atoms with van der Waals surface area (Å²) in [7, 11) is -1.95. The lowest BCUT2D eigenvalue weighted by Crippen LogP contribution is -2.57. The van der Waals surface area contributed by atoms with Gasteiger partial charge in [0, 0.05) is 19.7 Å². The third-order valence-electron chi connectivity index (χ3n) is 7.85. The molecule has 0 bridgehead atoms. The second-order valence-electron chi connectivity index (χ2n) is 11.5. The highest BCUT2D eigenvalue weighted by Gasteiger charge is 2.49. The number of hydrogen-bond acceptors (Lipinski definition) is 5. The number of carbonyl (C=O) groups excluding carboxylic acids is 1. The maximum atomic E-state index is 13.5. The third kappa shape index (κ3) is 5.95. The normalized spacial score (nSPS) is 18.7. The lowest BCUT2D eigenvalue weighted by atomic mass is 9.92. The molecule has 1 saturated heterocycles. The molecule has 8 heteroatoms. The molecule has 0 saturated carbocycles. The van der Waals surface area contributed by atoms with Crippen LogP contribution in [0.4, 0.5) is 5.69 Å². The van der Waals surface area contributed by atoms with Gasteiger partial charge in [-0.25, -0.2) is 0 Å². The van der Waals surface area contributed by atoms with Gasteiger partial charge in [0.1, 0.15) is 11.0 Å². The van der Waals surface area contributed by atoms with Crippen molar-refractivity contribution in [2.24, 2.45) is 0 Å². The number of aliphatic hydroxyl groups is 1. The van der Waals surface area contributed by atoms with Crippen LogP contribution in [0.2, 0.25) is 18.1 Å². The molecule has 1 aliphatic heterocycles. The molecule has 0 radical (unpaired) electrons. The molecule has 3 atom stereocenters. The Balaban J connectivity index is 1.36. The summed E-state index contributed by atoms with van der Waals surface area (Å²) < 4.78 is 8.84. The Labute approximate surface area is 254 Å². The van der Waals surface area contributed by atoms with E-state index in [1.807, 2.05) is 47.4 Å². The second-order valence-corrected chi connectivity index (χ2v) is 19.6. The minimum atomic E-state index is -1.95. The quantitative estimate of drug-likeness (QED) is 0.114. The van der Waals surface area contributed by atoms with Crippen LogP contribution >= 0.6 is 45.7 Å². The van der Waals surface area contributed by atoms with Gasteiger partial charge in [-0.1, -0.05) is 39.0 Å². The predicted octanol–water partition coefficient (Wildman–Crippen LogP) is 8.81. The van der Waals surface area contributed by atoms with Gasteiger partial charge in [-0.2, -0.15) is 0 Å². The van der Waals surface area contributed by atoms with E-state index >= 15 is 0 Å². The first-order chi connectivity index (χ1) is 18.4. The molecule has 1 N–H and O–H groups in total. The zero-order chi connectivity index (χ0) is 27.9. The van der Waals surface area contributed by atoms with E-state index in [1.165, 1.54) is 16.5 Å². The van der Waals surface area contributed by atoms with E-state index in [1.54, 1.807) is 11.3 Å². The van der Waals surface area contributed by atoms with Crippen molar-refractivity contribution in [2.75, 3.05) is 10.7 Å². The average Bonchev–Trinajstić information content (AvgIpc) is 3.36. The van der Waals surface area contributed by atoms with Crippen molar-refractivity contribution in [3.8, 4) is 5.75 Å². The maximum Gasteiger partial charge on any atom is 0.250 e. The molecule has 1 fully saturated rings. The molecule has 2 heterocycles. The van der Waals surface area contributed by atoms with Crippen molar-refractivity contribution in [2.45, 2.75) is 56.3 Å². The van der Waals surface area contributed by atoms with Crippen molar-refractivity contribution in [3.63, 3.8) is 0 Å². The van der Waals surface area contributed by atoms with Crippen molar-refractivity contribution in [3.05, 3.63) is 92.9 Å². The van der Waals surface area contributed by atoms with E-state index in [9.17, 15) is 9.90 Å². The largest absolute Gasteiger partial charge is 0.544 e. The molecular formula is C31H34INO3S2Si. The van der Waals surface area contributed by atoms with Gasteiger partial charge in [0.05, 0.1) is 12.1 Å². The van der Waals surface area contributed by atoms with Crippen molar-refractivity contribution in [1.29, 1.82) is 0 Å². The summed E-state index contributed by atoms with van der Waals surface area (Å²) in [4.78, 5) is 15.4. The number of thiophene rings is 1. The Bertz CT molecular complexity index is 1460. The highest BCUT2D eigenvalue weighted by molar-refractivity contribution is 14.1. The van der Waals surface area contributed by atoms with Gasteiger partial charge in [-0.15, -0.1) is 23.1 Å². The summed E-state index contributed by atoms with van der Waals surface area (Å²) in [6, 6.07) is 24.4. The van der Waals surface area contributed by atoms with E-state index in [0.717, 1.165) is 31.5 Å². The Morgan fingerprint density at radius 3 is 2.41 bits per heavy atom. The van der Waals surface area contributed by atoms with Gasteiger partial charge in [0.15, 0.2) is 0 Å². The third-order valence-corrected chi connectivity index (χ3v) is 15.1. The van der Waals surface area contributed by atoms with Crippen LogP contribution in [0.25, 0.3) is 10.1 Å². The van der Waals surface area contributed by atoms with E-state index < -0.39 is 14.4 Å². The van der Waals surface area contributed by atoms with Crippen LogP contribution in [0.15, 0.2) is 78.2 Å². The lowest BCUT2D eigenvalue weighted by Gasteiger charge is -2.47.